The molecule has 0 radical (unpaired) electrons. The SMILES string of the molecule is O=CC1CC2C=CCCC2C1O. The Hall–Kier alpha value is -0.630. The van der Waals surface area contributed by atoms with Crippen LogP contribution in [0.1, 0.15) is 19.3 Å². The highest BCUT2D eigenvalue weighted by Crippen LogP contribution is 2.41. The van der Waals surface area contributed by atoms with Crippen molar-refractivity contribution in [2.24, 2.45) is 17.8 Å². The van der Waals surface area contributed by atoms with Gasteiger partial charge >= 0.3 is 0 Å². The number of carbonyl (C=O) groups is 1. The largest absolute Gasteiger partial charge is 0.392 e. The minimum Gasteiger partial charge on any atom is -0.392 e. The normalized spacial score (nSPS) is 45.8. The number of allylic oxidation sites excluding steroid dienone is 2. The lowest BCUT2D eigenvalue weighted by atomic mass is 9.86. The molecule has 0 heterocycles. The maximum atomic E-state index is 10.6. The van der Waals surface area contributed by atoms with Crippen molar-refractivity contribution < 1.29 is 9.90 Å². The zero-order valence-electron chi connectivity index (χ0n) is 7.02. The number of aliphatic hydroxyl groups is 1. The monoisotopic (exact) mass is 166 g/mol. The first-order valence-corrected chi connectivity index (χ1v) is 4.63. The van der Waals surface area contributed by atoms with Crippen molar-refractivity contribution in [2.45, 2.75) is 25.4 Å². The number of fused-ring (bicyclic) bond motifs is 1. The Bertz CT molecular complexity index is 210. The Morgan fingerprint density at radius 2 is 2.33 bits per heavy atom. The molecule has 4 atom stereocenters. The summed E-state index contributed by atoms with van der Waals surface area (Å²) in [7, 11) is 0. The van der Waals surface area contributed by atoms with Crippen molar-refractivity contribution in [1.29, 1.82) is 0 Å². The van der Waals surface area contributed by atoms with Crippen LogP contribution >= 0.6 is 0 Å². The smallest absolute Gasteiger partial charge is 0.125 e. The first-order chi connectivity index (χ1) is 5.83. The Morgan fingerprint density at radius 1 is 1.50 bits per heavy atom. The number of carbonyl (C=O) groups excluding carboxylic acids is 1. The van der Waals surface area contributed by atoms with Gasteiger partial charge in [0.25, 0.3) is 0 Å². The second kappa shape index (κ2) is 3.02. The average Bonchev–Trinajstić information content (AvgIpc) is 2.44. The Morgan fingerprint density at radius 3 is 3.00 bits per heavy atom. The molecule has 2 aliphatic rings. The highest BCUT2D eigenvalue weighted by molar-refractivity contribution is 5.55. The van der Waals surface area contributed by atoms with E-state index in [2.05, 4.69) is 12.2 Å². The average molecular weight is 166 g/mol. The molecule has 0 aromatic rings. The standard InChI is InChI=1S/C10H14O2/c11-6-8-5-7-3-1-2-4-9(7)10(8)12/h1,3,6-10,12H,2,4-5H2. The molecule has 12 heavy (non-hydrogen) atoms. The lowest BCUT2D eigenvalue weighted by Gasteiger charge is -2.22. The molecule has 2 heteroatoms. The number of hydrogen-bond acceptors (Lipinski definition) is 2. The van der Waals surface area contributed by atoms with Crippen LogP contribution in [0, 0.1) is 17.8 Å². The quantitative estimate of drug-likeness (QED) is 0.468. The van der Waals surface area contributed by atoms with E-state index in [-0.39, 0.29) is 12.0 Å². The van der Waals surface area contributed by atoms with E-state index in [0.717, 1.165) is 25.5 Å². The summed E-state index contributed by atoms with van der Waals surface area (Å²) in [6, 6.07) is 0. The maximum Gasteiger partial charge on any atom is 0.125 e. The predicted octanol–water partition coefficient (Wildman–Crippen LogP) is 1.15. The van der Waals surface area contributed by atoms with Gasteiger partial charge in [0.05, 0.1) is 6.10 Å². The van der Waals surface area contributed by atoms with Crippen LogP contribution in [-0.4, -0.2) is 17.5 Å². The van der Waals surface area contributed by atoms with Gasteiger partial charge in [-0.2, -0.15) is 0 Å². The van der Waals surface area contributed by atoms with Gasteiger partial charge in [0.15, 0.2) is 0 Å². The lowest BCUT2D eigenvalue weighted by molar-refractivity contribution is -0.113. The second-order valence-electron chi connectivity index (χ2n) is 3.86. The lowest BCUT2D eigenvalue weighted by Crippen LogP contribution is -2.24. The van der Waals surface area contributed by atoms with Crippen molar-refractivity contribution in [3.63, 3.8) is 0 Å². The van der Waals surface area contributed by atoms with Crippen LogP contribution in [0.3, 0.4) is 0 Å². The van der Waals surface area contributed by atoms with Crippen molar-refractivity contribution in [3.05, 3.63) is 12.2 Å². The van der Waals surface area contributed by atoms with Crippen LogP contribution in [0.5, 0.6) is 0 Å². The highest BCUT2D eigenvalue weighted by Gasteiger charge is 2.41. The van der Waals surface area contributed by atoms with Crippen molar-refractivity contribution in [3.8, 4) is 0 Å². The van der Waals surface area contributed by atoms with E-state index in [1.165, 1.54) is 0 Å². The summed E-state index contributed by atoms with van der Waals surface area (Å²) in [5, 5.41) is 9.72. The van der Waals surface area contributed by atoms with Crippen LogP contribution in [0.25, 0.3) is 0 Å². The van der Waals surface area contributed by atoms with Gasteiger partial charge in [0.1, 0.15) is 6.29 Å². The van der Waals surface area contributed by atoms with Gasteiger partial charge in [-0.3, -0.25) is 0 Å². The van der Waals surface area contributed by atoms with Crippen LogP contribution in [0.15, 0.2) is 12.2 Å². The molecule has 0 aromatic carbocycles. The van der Waals surface area contributed by atoms with E-state index in [1.807, 2.05) is 0 Å². The zero-order chi connectivity index (χ0) is 8.55. The molecule has 1 fully saturated rings. The van der Waals surface area contributed by atoms with Crippen LogP contribution in [-0.2, 0) is 4.79 Å². The minimum atomic E-state index is -0.377. The summed E-state index contributed by atoms with van der Waals surface area (Å²) in [6.45, 7) is 0. The summed E-state index contributed by atoms with van der Waals surface area (Å²) >= 11 is 0. The Balaban J connectivity index is 2.15. The fourth-order valence-electron chi connectivity index (χ4n) is 2.50. The molecular weight excluding hydrogens is 152 g/mol. The minimum absolute atomic E-state index is 0.109. The molecule has 0 spiro atoms. The van der Waals surface area contributed by atoms with E-state index >= 15 is 0 Å². The molecule has 2 rings (SSSR count). The fourth-order valence-corrected chi connectivity index (χ4v) is 2.50. The number of aldehydes is 1. The predicted molar refractivity (Wildman–Crippen MR) is 45.5 cm³/mol. The molecule has 2 aliphatic carbocycles. The first-order valence-electron chi connectivity index (χ1n) is 4.63. The number of hydrogen-bond donors (Lipinski definition) is 1. The van der Waals surface area contributed by atoms with Gasteiger partial charge in [-0.25, -0.2) is 0 Å². The van der Waals surface area contributed by atoms with Gasteiger partial charge in [-0.15, -0.1) is 0 Å². The maximum absolute atomic E-state index is 10.6. The van der Waals surface area contributed by atoms with Gasteiger partial charge in [-0.1, -0.05) is 12.2 Å². The van der Waals surface area contributed by atoms with E-state index in [4.69, 9.17) is 0 Å². The molecule has 0 bridgehead atoms. The topological polar surface area (TPSA) is 37.3 Å². The third kappa shape index (κ3) is 1.11. The molecule has 66 valence electrons. The summed E-state index contributed by atoms with van der Waals surface area (Å²) in [5.41, 5.74) is 0. The van der Waals surface area contributed by atoms with E-state index in [0.29, 0.717) is 11.8 Å². The molecule has 1 N–H and O–H groups in total. The van der Waals surface area contributed by atoms with Gasteiger partial charge in [0.2, 0.25) is 0 Å². The van der Waals surface area contributed by atoms with Crippen LogP contribution in [0.4, 0.5) is 0 Å². The molecule has 1 saturated carbocycles. The molecular formula is C10H14O2. The number of rotatable bonds is 1. The van der Waals surface area contributed by atoms with Crippen LogP contribution in [0.2, 0.25) is 0 Å². The summed E-state index contributed by atoms with van der Waals surface area (Å²) in [6.07, 6.45) is 7.83. The van der Waals surface area contributed by atoms with Gasteiger partial charge in [-0.05, 0) is 31.1 Å². The van der Waals surface area contributed by atoms with Crippen molar-refractivity contribution in [2.75, 3.05) is 0 Å². The Labute approximate surface area is 72.3 Å². The summed E-state index contributed by atoms with van der Waals surface area (Å²) in [4.78, 5) is 10.6. The summed E-state index contributed by atoms with van der Waals surface area (Å²) in [5.74, 6) is 0.705. The van der Waals surface area contributed by atoms with Gasteiger partial charge < -0.3 is 9.90 Å². The second-order valence-corrected chi connectivity index (χ2v) is 3.86. The van der Waals surface area contributed by atoms with Crippen molar-refractivity contribution >= 4 is 6.29 Å². The molecule has 0 amide bonds. The Kier molecular flexibility index (Phi) is 2.01. The van der Waals surface area contributed by atoms with Crippen LogP contribution < -0.4 is 0 Å². The van der Waals surface area contributed by atoms with Crippen molar-refractivity contribution in [1.82, 2.24) is 0 Å². The molecule has 0 aliphatic heterocycles. The molecule has 4 unspecified atom stereocenters. The van der Waals surface area contributed by atoms with Gasteiger partial charge in [0, 0.05) is 5.92 Å². The van der Waals surface area contributed by atoms with E-state index < -0.39 is 0 Å². The fraction of sp³-hybridized carbons (Fsp3) is 0.700. The molecule has 2 nitrogen and oxygen atoms in total. The van der Waals surface area contributed by atoms with E-state index in [1.54, 1.807) is 0 Å². The highest BCUT2D eigenvalue weighted by atomic mass is 16.3. The summed E-state index contributed by atoms with van der Waals surface area (Å²) < 4.78 is 0. The van der Waals surface area contributed by atoms with E-state index in [9.17, 15) is 9.90 Å². The third-order valence-electron chi connectivity index (χ3n) is 3.20. The molecule has 0 saturated heterocycles. The number of aliphatic hydroxyl groups excluding tert-OH is 1. The third-order valence-corrected chi connectivity index (χ3v) is 3.20. The first kappa shape index (κ1) is 7.99. The zero-order valence-corrected chi connectivity index (χ0v) is 7.02. The molecule has 0 aromatic heterocycles.